The molecule has 1 fully saturated rings. The topological polar surface area (TPSA) is 91.6 Å². The van der Waals surface area contributed by atoms with Crippen molar-refractivity contribution < 1.29 is 36.6 Å². The summed E-state index contributed by atoms with van der Waals surface area (Å²) in [7, 11) is 3.38. The van der Waals surface area contributed by atoms with Gasteiger partial charge in [0.25, 0.3) is 5.56 Å². The number of carboxylic acid groups (broad SMARTS) is 1. The molecule has 1 aromatic heterocycles. The molecule has 0 spiro atoms. The first-order chi connectivity index (χ1) is 21.3. The number of likely N-dealkylation sites (N-methyl/N-ethyl adjacent to an activating group) is 1. The van der Waals surface area contributed by atoms with Crippen LogP contribution < -0.4 is 10.9 Å². The Hall–Kier alpha value is -2.99. The molecule has 256 valence electrons. The Labute approximate surface area is 271 Å². The number of aliphatic carboxylic acids is 1. The van der Waals surface area contributed by atoms with Gasteiger partial charge < -0.3 is 19.9 Å². The minimum atomic E-state index is -4.80. The number of aromatic nitrogens is 1. The fourth-order valence-corrected chi connectivity index (χ4v) is 6.91. The first kappa shape index (κ1) is 37.5. The maximum atomic E-state index is 15.7. The number of aryl methyl sites for hydroxylation is 1. The van der Waals surface area contributed by atoms with Crippen molar-refractivity contribution in [3.05, 3.63) is 68.4 Å². The lowest BCUT2D eigenvalue weighted by atomic mass is 9.74. The summed E-state index contributed by atoms with van der Waals surface area (Å²) in [4.78, 5) is 40.7. The van der Waals surface area contributed by atoms with Crippen molar-refractivity contribution in [2.45, 2.75) is 95.5 Å². The molecule has 3 rings (SSSR count). The highest BCUT2D eigenvalue weighted by atomic mass is 35.5. The van der Waals surface area contributed by atoms with Crippen molar-refractivity contribution in [1.82, 2.24) is 14.8 Å². The van der Waals surface area contributed by atoms with Gasteiger partial charge in [-0.05, 0) is 75.2 Å². The number of halogens is 6. The maximum absolute atomic E-state index is 15.7. The normalized spacial score (nSPS) is 21.8. The smallest absolute Gasteiger partial charge is 0.416 e. The Kier molecular flexibility index (Phi) is 12.4. The third kappa shape index (κ3) is 9.30. The molecule has 0 aliphatic heterocycles. The highest BCUT2D eigenvalue weighted by Crippen LogP contribution is 2.43. The summed E-state index contributed by atoms with van der Waals surface area (Å²) in [5.74, 6) is -3.68. The number of pyridine rings is 1. The number of alkyl halides is 5. The zero-order chi connectivity index (χ0) is 34.7. The Morgan fingerprint density at radius 3 is 2.37 bits per heavy atom. The lowest BCUT2D eigenvalue weighted by Crippen LogP contribution is -2.41. The predicted octanol–water partition coefficient (Wildman–Crippen LogP) is 6.80. The number of hydrogen-bond donors (Lipinski definition) is 2. The van der Waals surface area contributed by atoms with E-state index in [9.17, 15) is 37.1 Å². The van der Waals surface area contributed by atoms with E-state index >= 15 is 4.39 Å². The van der Waals surface area contributed by atoms with Gasteiger partial charge in [0.15, 0.2) is 0 Å². The number of amides is 1. The summed E-state index contributed by atoms with van der Waals surface area (Å²) in [6.07, 6.45) is -5.22. The maximum Gasteiger partial charge on any atom is 0.416 e. The quantitative estimate of drug-likeness (QED) is 0.191. The second kappa shape index (κ2) is 15.3. The SMILES string of the molecule is Cc1cc(C2C(C)CC(F)CC2Cl)cc([C@H](CC(=O)O)NC(=O)C(CC(C)C)n2cc(CCN(C)C)c(C(F)(F)F)cc2=O)c1F. The zero-order valence-electron chi connectivity index (χ0n) is 26.9. The van der Waals surface area contributed by atoms with Gasteiger partial charge in [0.2, 0.25) is 5.91 Å². The van der Waals surface area contributed by atoms with E-state index in [2.05, 4.69) is 5.32 Å². The molecule has 0 radical (unpaired) electrons. The Morgan fingerprint density at radius 2 is 1.83 bits per heavy atom. The van der Waals surface area contributed by atoms with Crippen molar-refractivity contribution in [1.29, 1.82) is 0 Å². The number of hydrogen-bond acceptors (Lipinski definition) is 4. The lowest BCUT2D eigenvalue weighted by Gasteiger charge is -2.36. The Morgan fingerprint density at radius 1 is 1.17 bits per heavy atom. The number of nitrogens with zero attached hydrogens (tertiary/aromatic N) is 2. The van der Waals surface area contributed by atoms with Crippen LogP contribution in [0.1, 0.15) is 92.3 Å². The summed E-state index contributed by atoms with van der Waals surface area (Å²) in [6, 6.07) is 0.809. The average Bonchev–Trinajstić information content (AvgIpc) is 2.90. The van der Waals surface area contributed by atoms with Gasteiger partial charge in [0.05, 0.1) is 18.0 Å². The molecule has 13 heteroatoms. The molecule has 7 nitrogen and oxygen atoms in total. The van der Waals surface area contributed by atoms with E-state index in [0.717, 1.165) is 10.8 Å². The number of benzene rings is 1. The fourth-order valence-electron chi connectivity index (χ4n) is 6.32. The van der Waals surface area contributed by atoms with Crippen LogP contribution in [-0.2, 0) is 22.2 Å². The number of carbonyl (C=O) groups is 2. The van der Waals surface area contributed by atoms with Crippen molar-refractivity contribution in [2.75, 3.05) is 20.6 Å². The molecule has 1 saturated carbocycles. The molecule has 5 unspecified atom stereocenters. The van der Waals surface area contributed by atoms with Gasteiger partial charge in [-0.25, -0.2) is 8.78 Å². The van der Waals surface area contributed by atoms with Crippen LogP contribution in [0.2, 0.25) is 0 Å². The number of nitrogens with one attached hydrogen (secondary N) is 1. The van der Waals surface area contributed by atoms with E-state index in [1.165, 1.54) is 13.0 Å². The van der Waals surface area contributed by atoms with Crippen molar-refractivity contribution in [2.24, 2.45) is 11.8 Å². The predicted molar refractivity (Wildman–Crippen MR) is 166 cm³/mol. The highest BCUT2D eigenvalue weighted by molar-refractivity contribution is 6.21. The van der Waals surface area contributed by atoms with Crippen LogP contribution in [0.4, 0.5) is 22.0 Å². The van der Waals surface area contributed by atoms with Gasteiger partial charge in [-0.1, -0.05) is 32.9 Å². The minimum absolute atomic E-state index is 0.0312. The molecule has 0 saturated heterocycles. The minimum Gasteiger partial charge on any atom is -0.481 e. The van der Waals surface area contributed by atoms with Crippen molar-refractivity contribution >= 4 is 23.5 Å². The third-order valence-electron chi connectivity index (χ3n) is 8.50. The lowest BCUT2D eigenvalue weighted by molar-refractivity contribution is -0.139. The molecule has 1 heterocycles. The van der Waals surface area contributed by atoms with E-state index in [4.69, 9.17) is 11.6 Å². The molecule has 46 heavy (non-hydrogen) atoms. The van der Waals surface area contributed by atoms with Gasteiger partial charge in [-0.3, -0.25) is 14.4 Å². The molecular weight excluding hydrogens is 633 g/mol. The van der Waals surface area contributed by atoms with Crippen LogP contribution in [0.25, 0.3) is 0 Å². The first-order valence-electron chi connectivity index (χ1n) is 15.4. The molecule has 2 aromatic rings. The van der Waals surface area contributed by atoms with E-state index in [1.54, 1.807) is 38.9 Å². The Balaban J connectivity index is 2.09. The van der Waals surface area contributed by atoms with E-state index in [1.807, 2.05) is 6.92 Å². The molecule has 0 bridgehead atoms. The molecule has 1 aliphatic carbocycles. The van der Waals surface area contributed by atoms with Crippen molar-refractivity contribution in [3.8, 4) is 0 Å². The van der Waals surface area contributed by atoms with Crippen LogP contribution in [0.5, 0.6) is 0 Å². The molecule has 1 aliphatic rings. The first-order valence-corrected chi connectivity index (χ1v) is 15.8. The van der Waals surface area contributed by atoms with Crippen LogP contribution in [0, 0.1) is 24.6 Å². The van der Waals surface area contributed by atoms with Crippen LogP contribution >= 0.6 is 11.6 Å². The standard InChI is InChI=1S/C33H43ClF5N3O4/c1-17(2)9-27(42-16-20(7-8-41(5)6)24(14-28(42)43)33(37,38)39)32(46)40-26(15-29(44)45)23-12-21(10-19(4)31(23)36)30-18(3)11-22(35)13-25(30)34/h10,12,14,16-18,22,25-27,30H,7-9,11,13,15H2,1-6H3,(H,40,46)(H,44,45)/t18?,22?,25?,26-,27?,30?/m0/s1. The van der Waals surface area contributed by atoms with Gasteiger partial charge in [0.1, 0.15) is 18.0 Å². The summed E-state index contributed by atoms with van der Waals surface area (Å²) < 4.78 is 72.5. The van der Waals surface area contributed by atoms with E-state index in [0.29, 0.717) is 11.6 Å². The summed E-state index contributed by atoms with van der Waals surface area (Å²) >= 11 is 6.56. The average molecular weight is 676 g/mol. The molecule has 2 N–H and O–H groups in total. The fraction of sp³-hybridized carbons (Fsp3) is 0.606. The molecule has 1 amide bonds. The van der Waals surface area contributed by atoms with E-state index < -0.39 is 65.0 Å². The monoisotopic (exact) mass is 675 g/mol. The second-order valence-electron chi connectivity index (χ2n) is 13.1. The van der Waals surface area contributed by atoms with E-state index in [-0.39, 0.29) is 66.7 Å². The molecular formula is C33H43ClF5N3O4. The third-order valence-corrected chi connectivity index (χ3v) is 8.95. The van der Waals surface area contributed by atoms with Gasteiger partial charge in [0, 0.05) is 35.7 Å². The van der Waals surface area contributed by atoms with Crippen LogP contribution in [0.15, 0.2) is 29.2 Å². The van der Waals surface area contributed by atoms with Gasteiger partial charge in [-0.15, -0.1) is 11.6 Å². The van der Waals surface area contributed by atoms with Crippen LogP contribution in [-0.4, -0.2) is 58.6 Å². The summed E-state index contributed by atoms with van der Waals surface area (Å²) in [5, 5.41) is 11.7. The van der Waals surface area contributed by atoms with Crippen molar-refractivity contribution in [3.63, 3.8) is 0 Å². The zero-order valence-corrected chi connectivity index (χ0v) is 27.7. The van der Waals surface area contributed by atoms with Gasteiger partial charge >= 0.3 is 12.1 Å². The summed E-state index contributed by atoms with van der Waals surface area (Å²) in [6.45, 7) is 7.10. The largest absolute Gasteiger partial charge is 0.481 e. The highest BCUT2D eigenvalue weighted by Gasteiger charge is 2.38. The molecule has 1 aromatic carbocycles. The Bertz CT molecular complexity index is 1450. The van der Waals surface area contributed by atoms with Gasteiger partial charge in [-0.2, -0.15) is 13.2 Å². The number of carboxylic acids is 1. The van der Waals surface area contributed by atoms with Crippen LogP contribution in [0.3, 0.4) is 0 Å². The summed E-state index contributed by atoms with van der Waals surface area (Å²) in [5.41, 5.74) is -1.66. The number of carbonyl (C=O) groups excluding carboxylic acids is 1. The molecule has 6 atom stereocenters. The number of rotatable bonds is 12. The second-order valence-corrected chi connectivity index (χ2v) is 13.7.